The molecule has 8 heteroatoms. The molecule has 3 rings (SSSR count). The summed E-state index contributed by atoms with van der Waals surface area (Å²) < 4.78 is 19.0. The van der Waals surface area contributed by atoms with Crippen LogP contribution >= 0.6 is 0 Å². The van der Waals surface area contributed by atoms with Gasteiger partial charge in [0.1, 0.15) is 24.2 Å². The van der Waals surface area contributed by atoms with Crippen LogP contribution in [0.1, 0.15) is 56.7 Å². The molecular weight excluding hydrogens is 535 g/mol. The summed E-state index contributed by atoms with van der Waals surface area (Å²) in [6.07, 6.45) is 0.400. The Morgan fingerprint density at radius 1 is 0.786 bits per heavy atom. The Morgan fingerprint density at radius 2 is 1.38 bits per heavy atom. The number of aryl methyl sites for hydroxylation is 1. The third-order valence-corrected chi connectivity index (χ3v) is 6.50. The van der Waals surface area contributed by atoms with Crippen LogP contribution in [0.15, 0.2) is 84.9 Å². The average Bonchev–Trinajstić information content (AvgIpc) is 2.95. The van der Waals surface area contributed by atoms with Crippen LogP contribution in [0.5, 0.6) is 0 Å². The highest BCUT2D eigenvalue weighted by Gasteiger charge is 2.30. The Kier molecular flexibility index (Phi) is 12.0. The molecule has 0 aliphatic rings. The van der Waals surface area contributed by atoms with Gasteiger partial charge in [-0.1, -0.05) is 72.8 Å². The first-order valence-electron chi connectivity index (χ1n) is 14.1. The van der Waals surface area contributed by atoms with Crippen LogP contribution in [0.4, 0.5) is 4.39 Å². The standard InChI is InChI=1S/C34H39FN2O5/c1-34(2,3)37-31(39)22-27(21-29(38)19-16-24-10-6-4-7-11-24)32(40)36-30(20-25-14-17-28(35)18-15-25)33(41)42-23-26-12-8-5-9-13-26/h4-15,17-18,27,30H,16,19-23H2,1-3H3,(H,36,40)(H,37,39)/t27-,30-/m0/s1. The van der Waals surface area contributed by atoms with E-state index in [-0.39, 0.29) is 44.0 Å². The maximum atomic E-state index is 13.6. The third-order valence-electron chi connectivity index (χ3n) is 6.50. The highest BCUT2D eigenvalue weighted by molar-refractivity contribution is 5.93. The SMILES string of the molecule is CC(C)(C)NC(=O)C[C@H](CC(=O)CCc1ccccc1)C(=O)N[C@@H](Cc1ccc(F)cc1)C(=O)OCc1ccccc1. The van der Waals surface area contributed by atoms with Gasteiger partial charge in [-0.25, -0.2) is 9.18 Å². The van der Waals surface area contributed by atoms with E-state index in [4.69, 9.17) is 4.74 Å². The molecule has 0 radical (unpaired) electrons. The van der Waals surface area contributed by atoms with E-state index in [1.807, 2.05) is 81.4 Å². The zero-order valence-electron chi connectivity index (χ0n) is 24.4. The van der Waals surface area contributed by atoms with Crippen molar-refractivity contribution >= 4 is 23.6 Å². The van der Waals surface area contributed by atoms with E-state index < -0.39 is 35.2 Å². The van der Waals surface area contributed by atoms with E-state index in [0.29, 0.717) is 12.0 Å². The molecule has 3 aromatic carbocycles. The minimum Gasteiger partial charge on any atom is -0.459 e. The lowest BCUT2D eigenvalue weighted by Gasteiger charge is -2.24. The van der Waals surface area contributed by atoms with Crippen molar-refractivity contribution in [3.63, 3.8) is 0 Å². The molecule has 0 aliphatic heterocycles. The van der Waals surface area contributed by atoms with Gasteiger partial charge in [0.25, 0.3) is 0 Å². The van der Waals surface area contributed by atoms with Crippen molar-refractivity contribution in [2.45, 2.75) is 71.1 Å². The minimum absolute atomic E-state index is 0.00481. The second-order valence-corrected chi connectivity index (χ2v) is 11.4. The molecular formula is C34H39FN2O5. The number of ether oxygens (including phenoxy) is 1. The van der Waals surface area contributed by atoms with E-state index in [0.717, 1.165) is 11.1 Å². The predicted molar refractivity (Wildman–Crippen MR) is 159 cm³/mol. The first-order valence-corrected chi connectivity index (χ1v) is 14.1. The fourth-order valence-electron chi connectivity index (χ4n) is 4.42. The first kappa shape index (κ1) is 32.2. The van der Waals surface area contributed by atoms with E-state index >= 15 is 0 Å². The lowest BCUT2D eigenvalue weighted by Crippen LogP contribution is -2.48. The molecule has 0 unspecified atom stereocenters. The first-order chi connectivity index (χ1) is 20.0. The summed E-state index contributed by atoms with van der Waals surface area (Å²) >= 11 is 0. The van der Waals surface area contributed by atoms with Crippen molar-refractivity contribution in [3.8, 4) is 0 Å². The van der Waals surface area contributed by atoms with Crippen molar-refractivity contribution < 1.29 is 28.3 Å². The lowest BCUT2D eigenvalue weighted by atomic mass is 9.93. The van der Waals surface area contributed by atoms with Crippen LogP contribution in [-0.4, -0.2) is 35.1 Å². The largest absolute Gasteiger partial charge is 0.459 e. The molecule has 222 valence electrons. The normalized spacial score (nSPS) is 12.6. The van der Waals surface area contributed by atoms with Gasteiger partial charge < -0.3 is 15.4 Å². The minimum atomic E-state index is -1.11. The van der Waals surface area contributed by atoms with Crippen LogP contribution in [0.3, 0.4) is 0 Å². The van der Waals surface area contributed by atoms with Crippen molar-refractivity contribution in [1.29, 1.82) is 0 Å². The average molecular weight is 575 g/mol. The molecule has 0 fully saturated rings. The molecule has 7 nitrogen and oxygen atoms in total. The van der Waals surface area contributed by atoms with Gasteiger partial charge in [-0.05, 0) is 56.0 Å². The zero-order valence-corrected chi connectivity index (χ0v) is 24.4. The molecule has 0 saturated heterocycles. The number of carbonyl (C=O) groups is 4. The van der Waals surface area contributed by atoms with Crippen LogP contribution in [0, 0.1) is 11.7 Å². The summed E-state index contributed by atoms with van der Waals surface area (Å²) in [5, 5.41) is 5.56. The van der Waals surface area contributed by atoms with E-state index in [9.17, 15) is 23.6 Å². The number of halogens is 1. The van der Waals surface area contributed by atoms with Gasteiger partial charge in [0, 0.05) is 31.2 Å². The highest BCUT2D eigenvalue weighted by atomic mass is 19.1. The van der Waals surface area contributed by atoms with Crippen molar-refractivity contribution in [3.05, 3.63) is 107 Å². The van der Waals surface area contributed by atoms with Gasteiger partial charge in [0.05, 0.1) is 5.92 Å². The Balaban J connectivity index is 1.75. The van der Waals surface area contributed by atoms with Crippen LogP contribution in [0.25, 0.3) is 0 Å². The van der Waals surface area contributed by atoms with Crippen LogP contribution < -0.4 is 10.6 Å². The summed E-state index contributed by atoms with van der Waals surface area (Å²) in [5.41, 5.74) is 1.86. The van der Waals surface area contributed by atoms with E-state index in [1.165, 1.54) is 24.3 Å². The summed E-state index contributed by atoms with van der Waals surface area (Å²) in [6, 6.07) is 23.1. The van der Waals surface area contributed by atoms with E-state index in [2.05, 4.69) is 10.6 Å². The fraction of sp³-hybridized carbons (Fsp3) is 0.353. The van der Waals surface area contributed by atoms with Gasteiger partial charge in [-0.3, -0.25) is 14.4 Å². The zero-order chi connectivity index (χ0) is 30.5. The van der Waals surface area contributed by atoms with Crippen LogP contribution in [-0.2, 0) is 43.4 Å². The Bertz CT molecular complexity index is 1320. The molecule has 2 atom stereocenters. The quantitative estimate of drug-likeness (QED) is 0.261. The fourth-order valence-corrected chi connectivity index (χ4v) is 4.42. The number of benzene rings is 3. The monoisotopic (exact) mass is 574 g/mol. The highest BCUT2D eigenvalue weighted by Crippen LogP contribution is 2.16. The second-order valence-electron chi connectivity index (χ2n) is 11.4. The molecule has 3 aromatic rings. The lowest BCUT2D eigenvalue weighted by molar-refractivity contribution is -0.149. The van der Waals surface area contributed by atoms with Gasteiger partial charge in [0.15, 0.2) is 0 Å². The number of carbonyl (C=O) groups excluding carboxylic acids is 4. The van der Waals surface area contributed by atoms with Crippen molar-refractivity contribution in [2.24, 2.45) is 5.92 Å². The number of rotatable bonds is 14. The maximum absolute atomic E-state index is 13.6. The van der Waals surface area contributed by atoms with Gasteiger partial charge in [-0.15, -0.1) is 0 Å². The van der Waals surface area contributed by atoms with Crippen molar-refractivity contribution in [1.82, 2.24) is 10.6 Å². The third kappa shape index (κ3) is 11.6. The number of esters is 1. The van der Waals surface area contributed by atoms with Gasteiger partial charge >= 0.3 is 5.97 Å². The molecule has 2 amide bonds. The molecule has 0 heterocycles. The maximum Gasteiger partial charge on any atom is 0.329 e. The van der Waals surface area contributed by atoms with Gasteiger partial charge in [-0.2, -0.15) is 0 Å². The Morgan fingerprint density at radius 3 is 1.98 bits per heavy atom. The number of nitrogens with one attached hydrogen (secondary N) is 2. The summed E-state index contributed by atoms with van der Waals surface area (Å²) in [4.78, 5) is 52.5. The van der Waals surface area contributed by atoms with E-state index in [1.54, 1.807) is 0 Å². The molecule has 0 saturated carbocycles. The number of ketones is 1. The number of hydrogen-bond donors (Lipinski definition) is 2. The van der Waals surface area contributed by atoms with Gasteiger partial charge in [0.2, 0.25) is 11.8 Å². The molecule has 0 aromatic heterocycles. The number of amides is 2. The summed E-state index contributed by atoms with van der Waals surface area (Å²) in [6.45, 7) is 5.48. The Labute approximate surface area is 246 Å². The number of hydrogen-bond acceptors (Lipinski definition) is 5. The molecule has 0 bridgehead atoms. The Hall–Kier alpha value is -4.33. The van der Waals surface area contributed by atoms with Crippen molar-refractivity contribution in [2.75, 3.05) is 0 Å². The topological polar surface area (TPSA) is 102 Å². The molecule has 0 aliphatic carbocycles. The number of Topliss-reactive ketones (excluding diaryl/α,β-unsaturated/α-hetero) is 1. The summed E-state index contributed by atoms with van der Waals surface area (Å²) in [5.74, 6) is -3.23. The molecule has 0 spiro atoms. The smallest absolute Gasteiger partial charge is 0.329 e. The van der Waals surface area contributed by atoms with Crippen LogP contribution in [0.2, 0.25) is 0 Å². The molecule has 2 N–H and O–H groups in total. The predicted octanol–water partition coefficient (Wildman–Crippen LogP) is 5.11. The second kappa shape index (κ2) is 15.6. The molecule has 42 heavy (non-hydrogen) atoms. The summed E-state index contributed by atoms with van der Waals surface area (Å²) in [7, 11) is 0.